The summed E-state index contributed by atoms with van der Waals surface area (Å²) in [6.45, 7) is 5.22. The Morgan fingerprint density at radius 3 is 2.48 bits per heavy atom. The zero-order valence-corrected chi connectivity index (χ0v) is 18.2. The molecule has 1 heterocycles. The number of esters is 1. The van der Waals surface area contributed by atoms with Crippen molar-refractivity contribution in [2.75, 3.05) is 13.1 Å². The molecule has 0 bridgehead atoms. The van der Waals surface area contributed by atoms with Gasteiger partial charge in [-0.05, 0) is 36.8 Å². The van der Waals surface area contributed by atoms with E-state index >= 15 is 0 Å². The summed E-state index contributed by atoms with van der Waals surface area (Å²) in [5.41, 5.74) is 1.01. The van der Waals surface area contributed by atoms with E-state index in [1.807, 2.05) is 13.0 Å². The summed E-state index contributed by atoms with van der Waals surface area (Å²) < 4.78 is 51.1. The Balaban J connectivity index is 1.89. The van der Waals surface area contributed by atoms with Crippen LogP contribution in [0.5, 0.6) is 0 Å². The number of rotatable bonds is 7. The molecule has 7 nitrogen and oxygen atoms in total. The lowest BCUT2D eigenvalue weighted by atomic mass is 10.1. The fraction of sp³-hybridized carbons (Fsp3) is 0.273. The summed E-state index contributed by atoms with van der Waals surface area (Å²) >= 11 is 0. The van der Waals surface area contributed by atoms with Crippen LogP contribution in [-0.2, 0) is 21.4 Å². The number of ether oxygens (including phenoxy) is 1. The lowest BCUT2D eigenvalue weighted by Gasteiger charge is -2.19. The first-order valence-electron chi connectivity index (χ1n) is 9.67. The number of nitrogens with zero attached hydrogens (tertiary/aromatic N) is 1. The second-order valence-electron chi connectivity index (χ2n) is 6.90. The lowest BCUT2D eigenvalue weighted by molar-refractivity contribution is 0.0473. The minimum absolute atomic E-state index is 0.116. The summed E-state index contributed by atoms with van der Waals surface area (Å²) in [7, 11) is -4.10. The maximum atomic E-state index is 14.3. The average molecular weight is 447 g/mol. The Morgan fingerprint density at radius 1 is 1.10 bits per heavy atom. The van der Waals surface area contributed by atoms with Crippen molar-refractivity contribution in [3.8, 4) is 0 Å². The van der Waals surface area contributed by atoms with Crippen LogP contribution in [0.4, 0.5) is 4.39 Å². The van der Waals surface area contributed by atoms with Crippen LogP contribution in [0.25, 0.3) is 11.0 Å². The van der Waals surface area contributed by atoms with Crippen LogP contribution in [0, 0.1) is 12.7 Å². The molecule has 0 unspecified atom stereocenters. The molecule has 0 radical (unpaired) electrons. The highest BCUT2D eigenvalue weighted by Gasteiger charge is 2.26. The highest BCUT2D eigenvalue weighted by molar-refractivity contribution is 7.89. The van der Waals surface area contributed by atoms with E-state index in [1.165, 1.54) is 6.07 Å². The maximum Gasteiger partial charge on any atom is 0.338 e. The normalized spacial score (nSPS) is 11.8. The molecule has 9 heteroatoms. The van der Waals surface area contributed by atoms with E-state index in [1.54, 1.807) is 26.0 Å². The second kappa shape index (κ2) is 8.99. The van der Waals surface area contributed by atoms with E-state index in [0.29, 0.717) is 16.5 Å². The summed E-state index contributed by atoms with van der Waals surface area (Å²) in [4.78, 5) is 23.8. The number of benzene rings is 2. The van der Waals surface area contributed by atoms with Gasteiger partial charge in [0.2, 0.25) is 10.0 Å². The Labute approximate surface area is 179 Å². The van der Waals surface area contributed by atoms with Crippen LogP contribution in [0.1, 0.15) is 35.3 Å². The quantitative estimate of drug-likeness (QED) is 0.406. The van der Waals surface area contributed by atoms with Gasteiger partial charge in [-0.1, -0.05) is 26.0 Å². The average Bonchev–Trinajstić information content (AvgIpc) is 2.72. The third-order valence-electron chi connectivity index (χ3n) is 4.83. The van der Waals surface area contributed by atoms with Crippen molar-refractivity contribution in [1.82, 2.24) is 4.31 Å². The monoisotopic (exact) mass is 447 g/mol. The van der Waals surface area contributed by atoms with Gasteiger partial charge < -0.3 is 9.15 Å². The van der Waals surface area contributed by atoms with E-state index in [9.17, 15) is 22.4 Å². The number of carbonyl (C=O) groups is 1. The molecule has 0 aliphatic rings. The van der Waals surface area contributed by atoms with Gasteiger partial charge in [0.25, 0.3) is 0 Å². The third-order valence-corrected chi connectivity index (χ3v) is 6.90. The fourth-order valence-electron chi connectivity index (χ4n) is 3.21. The molecular formula is C22H22FNO6S. The van der Waals surface area contributed by atoms with Gasteiger partial charge in [0.15, 0.2) is 0 Å². The minimum Gasteiger partial charge on any atom is -0.457 e. The van der Waals surface area contributed by atoms with Crippen LogP contribution in [-0.4, -0.2) is 31.8 Å². The van der Waals surface area contributed by atoms with E-state index < -0.39 is 32.3 Å². The number of carbonyl (C=O) groups excluding carboxylic acids is 1. The molecule has 0 spiro atoms. The van der Waals surface area contributed by atoms with Crippen molar-refractivity contribution in [3.05, 3.63) is 75.4 Å². The summed E-state index contributed by atoms with van der Waals surface area (Å²) in [5.74, 6) is -1.80. The first-order valence-corrected chi connectivity index (χ1v) is 11.1. The molecule has 0 saturated carbocycles. The molecule has 1 aromatic heterocycles. The van der Waals surface area contributed by atoms with Gasteiger partial charge in [-0.15, -0.1) is 0 Å². The topological polar surface area (TPSA) is 93.9 Å². The van der Waals surface area contributed by atoms with Gasteiger partial charge in [-0.25, -0.2) is 22.4 Å². The number of halogens is 1. The largest absolute Gasteiger partial charge is 0.457 e. The predicted octanol–water partition coefficient (Wildman–Crippen LogP) is 3.63. The third kappa shape index (κ3) is 4.67. The zero-order valence-electron chi connectivity index (χ0n) is 17.3. The molecular weight excluding hydrogens is 425 g/mol. The number of aryl methyl sites for hydroxylation is 1. The lowest BCUT2D eigenvalue weighted by Crippen LogP contribution is -2.31. The van der Waals surface area contributed by atoms with Crippen LogP contribution in [0.15, 0.2) is 56.6 Å². The van der Waals surface area contributed by atoms with Crippen LogP contribution in [0.3, 0.4) is 0 Å². The molecule has 0 saturated heterocycles. The van der Waals surface area contributed by atoms with Crippen molar-refractivity contribution in [3.63, 3.8) is 0 Å². The van der Waals surface area contributed by atoms with Gasteiger partial charge in [-0.2, -0.15) is 4.31 Å². The van der Waals surface area contributed by atoms with Crippen LogP contribution in [0.2, 0.25) is 0 Å². The summed E-state index contributed by atoms with van der Waals surface area (Å²) in [6.07, 6.45) is 0. The van der Waals surface area contributed by atoms with Gasteiger partial charge >= 0.3 is 11.6 Å². The Bertz CT molecular complexity index is 1300. The van der Waals surface area contributed by atoms with Crippen molar-refractivity contribution < 1.29 is 26.8 Å². The highest BCUT2D eigenvalue weighted by Crippen LogP contribution is 2.23. The zero-order chi connectivity index (χ0) is 22.8. The Kier molecular flexibility index (Phi) is 6.56. The molecule has 0 amide bonds. The fourth-order valence-corrected chi connectivity index (χ4v) is 4.76. The number of fused-ring (bicyclic) bond motifs is 1. The van der Waals surface area contributed by atoms with Crippen molar-refractivity contribution in [2.24, 2.45) is 0 Å². The maximum absolute atomic E-state index is 14.3. The van der Waals surface area contributed by atoms with E-state index in [0.717, 1.165) is 28.1 Å². The molecule has 0 fully saturated rings. The molecule has 3 aromatic rings. The summed E-state index contributed by atoms with van der Waals surface area (Å²) in [6, 6.07) is 9.55. The van der Waals surface area contributed by atoms with Crippen molar-refractivity contribution in [1.29, 1.82) is 0 Å². The van der Waals surface area contributed by atoms with Crippen molar-refractivity contribution >= 4 is 27.0 Å². The summed E-state index contributed by atoms with van der Waals surface area (Å²) in [5, 5.41) is 0.613. The second-order valence-corrected chi connectivity index (χ2v) is 8.81. The Morgan fingerprint density at radius 2 is 1.81 bits per heavy atom. The SMILES string of the molecule is CCN(CC)S(=O)(=O)c1cc(C(=O)OCc2cc(=O)oc3cc(C)ccc23)ccc1F. The molecule has 164 valence electrons. The molecule has 0 atom stereocenters. The van der Waals surface area contributed by atoms with Gasteiger partial charge in [0.05, 0.1) is 5.56 Å². The molecule has 0 aliphatic heterocycles. The first kappa shape index (κ1) is 22.6. The smallest absolute Gasteiger partial charge is 0.338 e. The van der Waals surface area contributed by atoms with E-state index in [-0.39, 0.29) is 25.3 Å². The Hall–Kier alpha value is -3.04. The van der Waals surface area contributed by atoms with E-state index in [2.05, 4.69) is 0 Å². The molecule has 2 aromatic carbocycles. The predicted molar refractivity (Wildman–Crippen MR) is 113 cm³/mol. The first-order chi connectivity index (χ1) is 14.7. The van der Waals surface area contributed by atoms with Gasteiger partial charge in [-0.3, -0.25) is 0 Å². The van der Waals surface area contributed by atoms with Gasteiger partial charge in [0, 0.05) is 30.1 Å². The minimum atomic E-state index is -4.10. The van der Waals surface area contributed by atoms with Crippen LogP contribution >= 0.6 is 0 Å². The van der Waals surface area contributed by atoms with Crippen molar-refractivity contribution in [2.45, 2.75) is 32.3 Å². The molecule has 0 N–H and O–H groups in total. The van der Waals surface area contributed by atoms with Gasteiger partial charge in [0.1, 0.15) is 22.9 Å². The highest BCUT2D eigenvalue weighted by atomic mass is 32.2. The number of hydrogen-bond acceptors (Lipinski definition) is 6. The molecule has 3 rings (SSSR count). The van der Waals surface area contributed by atoms with E-state index in [4.69, 9.17) is 9.15 Å². The molecule has 0 aliphatic carbocycles. The standard InChI is InChI=1S/C22H22FNO6S/c1-4-24(5-2)31(27,28)20-11-15(7-9-18(20)23)22(26)29-13-16-12-21(25)30-19-10-14(3)6-8-17(16)19/h6-12H,4-5,13H2,1-3H3. The molecule has 31 heavy (non-hydrogen) atoms. The van der Waals surface area contributed by atoms with Crippen LogP contribution < -0.4 is 5.63 Å². The number of sulfonamides is 1. The number of hydrogen-bond donors (Lipinski definition) is 0.